The third kappa shape index (κ3) is 4.80. The van der Waals surface area contributed by atoms with Crippen LogP contribution in [0.5, 0.6) is 5.75 Å². The molecule has 1 aliphatic rings. The van der Waals surface area contributed by atoms with E-state index in [0.29, 0.717) is 42.8 Å². The third-order valence-electron chi connectivity index (χ3n) is 5.17. The Morgan fingerprint density at radius 1 is 1.06 bits per heavy atom. The second-order valence-electron chi connectivity index (χ2n) is 7.95. The predicted octanol–water partition coefficient (Wildman–Crippen LogP) is 3.13. The normalized spacial score (nSPS) is 14.6. The monoisotopic (exact) mass is 440 g/mol. The van der Waals surface area contributed by atoms with Gasteiger partial charge < -0.3 is 14.5 Å². The van der Waals surface area contributed by atoms with E-state index in [0.717, 1.165) is 11.6 Å². The summed E-state index contributed by atoms with van der Waals surface area (Å²) in [7, 11) is 0. The SMILES string of the molecule is Cc1nc(N2CCN(C(=O)C(C)(C)Oc3ccc(Cl)cc3)CC2)cc(-n2ccnc2)n1. The Bertz CT molecular complexity index is 1040. The molecule has 0 aliphatic carbocycles. The summed E-state index contributed by atoms with van der Waals surface area (Å²) < 4.78 is 7.82. The van der Waals surface area contributed by atoms with Crippen molar-refractivity contribution in [2.24, 2.45) is 0 Å². The molecule has 0 radical (unpaired) electrons. The predicted molar refractivity (Wildman–Crippen MR) is 119 cm³/mol. The number of benzene rings is 1. The Hall–Kier alpha value is -3.13. The Morgan fingerprint density at radius 2 is 1.74 bits per heavy atom. The average molecular weight is 441 g/mol. The van der Waals surface area contributed by atoms with E-state index in [1.54, 1.807) is 50.6 Å². The van der Waals surface area contributed by atoms with Crippen molar-refractivity contribution in [2.75, 3.05) is 31.1 Å². The first-order valence-corrected chi connectivity index (χ1v) is 10.5. The van der Waals surface area contributed by atoms with E-state index in [-0.39, 0.29) is 5.91 Å². The molecule has 0 unspecified atom stereocenters. The van der Waals surface area contributed by atoms with Crippen LogP contribution < -0.4 is 9.64 Å². The number of anilines is 1. The average Bonchev–Trinajstić information content (AvgIpc) is 3.29. The Morgan fingerprint density at radius 3 is 2.39 bits per heavy atom. The maximum Gasteiger partial charge on any atom is 0.266 e. The molecule has 3 aromatic rings. The zero-order valence-electron chi connectivity index (χ0n) is 17.8. The van der Waals surface area contributed by atoms with Crippen LogP contribution in [0.3, 0.4) is 0 Å². The van der Waals surface area contributed by atoms with Crippen molar-refractivity contribution in [1.29, 1.82) is 0 Å². The number of rotatable bonds is 5. The molecule has 3 heterocycles. The molecule has 1 fully saturated rings. The molecule has 1 aliphatic heterocycles. The summed E-state index contributed by atoms with van der Waals surface area (Å²) in [6.45, 7) is 8.01. The molecule has 0 bridgehead atoms. The summed E-state index contributed by atoms with van der Waals surface area (Å²) in [5, 5.41) is 0.628. The van der Waals surface area contributed by atoms with Gasteiger partial charge in [0.25, 0.3) is 5.91 Å². The van der Waals surface area contributed by atoms with Crippen molar-refractivity contribution in [2.45, 2.75) is 26.4 Å². The van der Waals surface area contributed by atoms with Crippen molar-refractivity contribution < 1.29 is 9.53 Å². The fraction of sp³-hybridized carbons (Fsp3) is 0.364. The number of aromatic nitrogens is 4. The van der Waals surface area contributed by atoms with Crippen LogP contribution in [0.25, 0.3) is 5.82 Å². The number of amides is 1. The smallest absolute Gasteiger partial charge is 0.266 e. The first kappa shape index (κ1) is 21.1. The molecule has 8 nitrogen and oxygen atoms in total. The van der Waals surface area contributed by atoms with Gasteiger partial charge in [-0.15, -0.1) is 0 Å². The van der Waals surface area contributed by atoms with Crippen LogP contribution in [0.15, 0.2) is 49.1 Å². The number of piperazine rings is 1. The van der Waals surface area contributed by atoms with Gasteiger partial charge in [-0.2, -0.15) is 0 Å². The molecule has 31 heavy (non-hydrogen) atoms. The first-order chi connectivity index (χ1) is 14.8. The molecule has 1 amide bonds. The largest absolute Gasteiger partial charge is 0.478 e. The van der Waals surface area contributed by atoms with E-state index in [1.165, 1.54) is 0 Å². The van der Waals surface area contributed by atoms with Gasteiger partial charge in [0, 0.05) is 49.7 Å². The van der Waals surface area contributed by atoms with E-state index in [4.69, 9.17) is 16.3 Å². The van der Waals surface area contributed by atoms with Crippen molar-refractivity contribution in [3.63, 3.8) is 0 Å². The number of carbonyl (C=O) groups is 1. The summed E-state index contributed by atoms with van der Waals surface area (Å²) >= 11 is 5.93. The molecule has 1 saturated heterocycles. The molecule has 4 rings (SSSR count). The van der Waals surface area contributed by atoms with Crippen molar-refractivity contribution in [3.8, 4) is 11.6 Å². The molecular formula is C22H25ClN6O2. The summed E-state index contributed by atoms with van der Waals surface area (Å²) in [6.07, 6.45) is 5.28. The number of aryl methyl sites for hydroxylation is 1. The summed E-state index contributed by atoms with van der Waals surface area (Å²) in [5.41, 5.74) is -0.976. The van der Waals surface area contributed by atoms with Crippen LogP contribution >= 0.6 is 11.6 Å². The van der Waals surface area contributed by atoms with Gasteiger partial charge in [0.2, 0.25) is 0 Å². The highest BCUT2D eigenvalue weighted by molar-refractivity contribution is 6.30. The van der Waals surface area contributed by atoms with Crippen LogP contribution in [0, 0.1) is 6.92 Å². The summed E-state index contributed by atoms with van der Waals surface area (Å²) in [6, 6.07) is 8.98. The number of carbonyl (C=O) groups excluding carboxylic acids is 1. The maximum atomic E-state index is 13.1. The minimum absolute atomic E-state index is 0.0416. The lowest BCUT2D eigenvalue weighted by atomic mass is 10.1. The van der Waals surface area contributed by atoms with Gasteiger partial charge in [-0.3, -0.25) is 9.36 Å². The lowest BCUT2D eigenvalue weighted by molar-refractivity contribution is -0.145. The minimum atomic E-state index is -0.976. The number of nitrogens with zero attached hydrogens (tertiary/aromatic N) is 6. The highest BCUT2D eigenvalue weighted by Crippen LogP contribution is 2.24. The fourth-order valence-corrected chi connectivity index (χ4v) is 3.71. The van der Waals surface area contributed by atoms with E-state index < -0.39 is 5.60 Å². The fourth-order valence-electron chi connectivity index (χ4n) is 3.59. The van der Waals surface area contributed by atoms with Crippen LogP contribution in [-0.2, 0) is 4.79 Å². The van der Waals surface area contributed by atoms with Gasteiger partial charge in [0.05, 0.1) is 0 Å². The molecule has 0 atom stereocenters. The van der Waals surface area contributed by atoms with Gasteiger partial charge in [-0.1, -0.05) is 11.6 Å². The Labute approximate surface area is 186 Å². The second kappa shape index (κ2) is 8.55. The molecule has 0 N–H and O–H groups in total. The van der Waals surface area contributed by atoms with E-state index in [1.807, 2.05) is 28.7 Å². The van der Waals surface area contributed by atoms with Crippen molar-refractivity contribution >= 4 is 23.3 Å². The molecule has 162 valence electrons. The van der Waals surface area contributed by atoms with Crippen LogP contribution in [0.1, 0.15) is 19.7 Å². The number of ether oxygens (including phenoxy) is 1. The molecule has 0 spiro atoms. The summed E-state index contributed by atoms with van der Waals surface area (Å²) in [4.78, 5) is 30.3. The van der Waals surface area contributed by atoms with E-state index in [2.05, 4.69) is 19.9 Å². The Balaban J connectivity index is 1.41. The second-order valence-corrected chi connectivity index (χ2v) is 8.38. The zero-order chi connectivity index (χ0) is 22.0. The molecule has 1 aromatic carbocycles. The maximum absolute atomic E-state index is 13.1. The molecule has 2 aromatic heterocycles. The van der Waals surface area contributed by atoms with Gasteiger partial charge in [-0.25, -0.2) is 15.0 Å². The van der Waals surface area contributed by atoms with Gasteiger partial charge in [0.15, 0.2) is 5.60 Å². The van der Waals surface area contributed by atoms with Gasteiger partial charge >= 0.3 is 0 Å². The Kier molecular flexibility index (Phi) is 5.82. The standard InChI is InChI=1S/C22H25ClN6O2/c1-16-25-19(14-20(26-16)29-9-8-24-15-29)27-10-12-28(13-11-27)21(30)22(2,3)31-18-6-4-17(23)5-7-18/h4-9,14-15H,10-13H2,1-3H3. The van der Waals surface area contributed by atoms with Crippen molar-refractivity contribution in [1.82, 2.24) is 24.4 Å². The number of imidazole rings is 1. The lowest BCUT2D eigenvalue weighted by Gasteiger charge is -2.39. The van der Waals surface area contributed by atoms with Crippen LogP contribution in [-0.4, -0.2) is 62.1 Å². The zero-order valence-corrected chi connectivity index (χ0v) is 18.6. The lowest BCUT2D eigenvalue weighted by Crippen LogP contribution is -2.56. The topological polar surface area (TPSA) is 76.4 Å². The van der Waals surface area contributed by atoms with E-state index in [9.17, 15) is 4.79 Å². The van der Waals surface area contributed by atoms with Crippen LogP contribution in [0.4, 0.5) is 5.82 Å². The van der Waals surface area contributed by atoms with Gasteiger partial charge in [-0.05, 0) is 45.0 Å². The first-order valence-electron chi connectivity index (χ1n) is 10.1. The van der Waals surface area contributed by atoms with Crippen LogP contribution in [0.2, 0.25) is 5.02 Å². The van der Waals surface area contributed by atoms with E-state index >= 15 is 0 Å². The highest BCUT2D eigenvalue weighted by Gasteiger charge is 2.36. The highest BCUT2D eigenvalue weighted by atomic mass is 35.5. The minimum Gasteiger partial charge on any atom is -0.478 e. The molecule has 9 heteroatoms. The molecule has 0 saturated carbocycles. The molecular weight excluding hydrogens is 416 g/mol. The number of hydrogen-bond donors (Lipinski definition) is 0. The van der Waals surface area contributed by atoms with Gasteiger partial charge in [0.1, 0.15) is 29.5 Å². The van der Waals surface area contributed by atoms with Crippen molar-refractivity contribution in [3.05, 3.63) is 59.9 Å². The third-order valence-corrected chi connectivity index (χ3v) is 5.42. The quantitative estimate of drug-likeness (QED) is 0.606. The number of halogens is 1. The summed E-state index contributed by atoms with van der Waals surface area (Å²) in [5.74, 6) is 2.89. The number of hydrogen-bond acceptors (Lipinski definition) is 6.